The number of nitrogens with two attached hydrogens (primary N) is 1. The fourth-order valence-corrected chi connectivity index (χ4v) is 2.77. The highest BCUT2D eigenvalue weighted by Crippen LogP contribution is 2.35. The molecule has 0 spiro atoms. The van der Waals surface area contributed by atoms with Crippen LogP contribution in [0.25, 0.3) is 0 Å². The quantitative estimate of drug-likeness (QED) is 0.681. The van der Waals surface area contributed by atoms with Crippen LogP contribution in [0.1, 0.15) is 76.3 Å². The molecular weight excluding hydrogens is 206 g/mol. The minimum absolute atomic E-state index is 0.615. The third-order valence-electron chi connectivity index (χ3n) is 4.02. The monoisotopic (exact) mass is 233 g/mol. The maximum absolute atomic E-state index is 6.39. The molecule has 0 saturated heterocycles. The van der Waals surface area contributed by atoms with Gasteiger partial charge in [-0.3, -0.25) is 0 Å². The first-order valence-corrected chi connectivity index (χ1v) is 7.07. The van der Waals surface area contributed by atoms with Gasteiger partial charge in [0.25, 0.3) is 0 Å². The zero-order valence-electron chi connectivity index (χ0n) is 11.8. The average molecular weight is 233 g/mol. The van der Waals surface area contributed by atoms with Crippen molar-refractivity contribution in [2.45, 2.75) is 65.2 Å². The summed E-state index contributed by atoms with van der Waals surface area (Å²) >= 11 is 0. The molecule has 0 fully saturated rings. The van der Waals surface area contributed by atoms with Crippen LogP contribution in [0.2, 0.25) is 0 Å². The summed E-state index contributed by atoms with van der Waals surface area (Å²) in [5.41, 5.74) is 10.2. The summed E-state index contributed by atoms with van der Waals surface area (Å²) in [6.07, 6.45) is 4.69. The number of hydrogen-bond donors (Lipinski definition) is 1. The van der Waals surface area contributed by atoms with E-state index < -0.39 is 0 Å². The molecule has 1 nitrogen and oxygen atoms in total. The Balaban J connectivity index is 3.14. The number of rotatable bonds is 6. The predicted octanol–water partition coefficient (Wildman–Crippen LogP) is 5.08. The molecule has 0 radical (unpaired) electrons. The summed E-state index contributed by atoms with van der Waals surface area (Å²) in [5, 5.41) is 0. The van der Waals surface area contributed by atoms with Crippen LogP contribution in [0.15, 0.2) is 18.2 Å². The Labute approximate surface area is 106 Å². The van der Waals surface area contributed by atoms with Crippen molar-refractivity contribution in [1.29, 1.82) is 0 Å². The molecule has 17 heavy (non-hydrogen) atoms. The lowest BCUT2D eigenvalue weighted by Gasteiger charge is -2.21. The van der Waals surface area contributed by atoms with Gasteiger partial charge in [0.05, 0.1) is 0 Å². The molecule has 96 valence electrons. The van der Waals surface area contributed by atoms with Crippen molar-refractivity contribution in [2.75, 3.05) is 5.73 Å². The van der Waals surface area contributed by atoms with Gasteiger partial charge in [0.1, 0.15) is 0 Å². The van der Waals surface area contributed by atoms with Crippen LogP contribution in [0.4, 0.5) is 5.69 Å². The van der Waals surface area contributed by atoms with Crippen molar-refractivity contribution < 1.29 is 0 Å². The number of nitrogen functional groups attached to an aromatic ring is 1. The lowest BCUT2D eigenvalue weighted by Crippen LogP contribution is -2.07. The van der Waals surface area contributed by atoms with Crippen LogP contribution in [-0.2, 0) is 0 Å². The van der Waals surface area contributed by atoms with Gasteiger partial charge in [-0.05, 0) is 48.6 Å². The smallest absolute Gasteiger partial charge is 0.0384 e. The third-order valence-corrected chi connectivity index (χ3v) is 4.02. The Hall–Kier alpha value is -0.980. The average Bonchev–Trinajstić information content (AvgIpc) is 2.36. The van der Waals surface area contributed by atoms with E-state index in [1.165, 1.54) is 36.8 Å². The predicted molar refractivity (Wildman–Crippen MR) is 77.5 cm³/mol. The summed E-state index contributed by atoms with van der Waals surface area (Å²) in [5.74, 6) is 1.23. The summed E-state index contributed by atoms with van der Waals surface area (Å²) in [6.45, 7) is 8.99. The van der Waals surface area contributed by atoms with Crippen LogP contribution < -0.4 is 5.73 Å². The van der Waals surface area contributed by atoms with Crippen molar-refractivity contribution in [2.24, 2.45) is 0 Å². The molecule has 0 unspecified atom stereocenters. The van der Waals surface area contributed by atoms with Gasteiger partial charge in [-0.15, -0.1) is 0 Å². The van der Waals surface area contributed by atoms with E-state index in [4.69, 9.17) is 5.73 Å². The standard InChI is InChI=1S/C16H27N/c1-5-12(6-2)14-10-9-11-15(16(14)17)13(7-3)8-4/h9-13H,5-8,17H2,1-4H3. The molecule has 1 rings (SSSR count). The highest BCUT2D eigenvalue weighted by atomic mass is 14.6. The molecule has 0 saturated carbocycles. The molecule has 1 heteroatoms. The SMILES string of the molecule is CCC(CC)c1cccc(C(CC)CC)c1N. The van der Waals surface area contributed by atoms with E-state index in [2.05, 4.69) is 45.9 Å². The lowest BCUT2D eigenvalue weighted by molar-refractivity contribution is 0.627. The molecule has 2 N–H and O–H groups in total. The fraction of sp³-hybridized carbons (Fsp3) is 0.625. The molecule has 0 aliphatic rings. The number of para-hydroxylation sites is 1. The van der Waals surface area contributed by atoms with Gasteiger partial charge in [0, 0.05) is 5.69 Å². The maximum Gasteiger partial charge on any atom is 0.0384 e. The molecule has 1 aromatic rings. The molecule has 1 aromatic carbocycles. The lowest BCUT2D eigenvalue weighted by atomic mass is 9.86. The maximum atomic E-state index is 6.39. The third kappa shape index (κ3) is 3.02. The zero-order valence-corrected chi connectivity index (χ0v) is 11.8. The van der Waals surface area contributed by atoms with Crippen LogP contribution in [-0.4, -0.2) is 0 Å². The van der Waals surface area contributed by atoms with Crippen molar-refractivity contribution in [3.8, 4) is 0 Å². The summed E-state index contributed by atoms with van der Waals surface area (Å²) in [4.78, 5) is 0. The summed E-state index contributed by atoms with van der Waals surface area (Å²) in [7, 11) is 0. The van der Waals surface area contributed by atoms with Gasteiger partial charge >= 0.3 is 0 Å². The first-order chi connectivity index (χ1) is 8.19. The number of hydrogen-bond acceptors (Lipinski definition) is 1. The molecule has 0 aliphatic heterocycles. The van der Waals surface area contributed by atoms with Gasteiger partial charge in [-0.1, -0.05) is 45.9 Å². The van der Waals surface area contributed by atoms with E-state index in [0.717, 1.165) is 5.69 Å². The minimum Gasteiger partial charge on any atom is -0.398 e. The Morgan fingerprint density at radius 1 is 0.824 bits per heavy atom. The Kier molecular flexibility index (Phi) is 5.54. The number of benzene rings is 1. The largest absolute Gasteiger partial charge is 0.398 e. The van der Waals surface area contributed by atoms with E-state index in [-0.39, 0.29) is 0 Å². The molecule has 0 amide bonds. The van der Waals surface area contributed by atoms with E-state index in [9.17, 15) is 0 Å². The zero-order chi connectivity index (χ0) is 12.8. The van der Waals surface area contributed by atoms with Crippen LogP contribution >= 0.6 is 0 Å². The van der Waals surface area contributed by atoms with Crippen molar-refractivity contribution in [1.82, 2.24) is 0 Å². The molecule has 0 atom stereocenters. The van der Waals surface area contributed by atoms with E-state index in [1.807, 2.05) is 0 Å². The molecule has 0 heterocycles. The normalized spacial score (nSPS) is 11.4. The topological polar surface area (TPSA) is 26.0 Å². The molecular formula is C16H27N. The summed E-state index contributed by atoms with van der Waals surface area (Å²) in [6, 6.07) is 6.59. The van der Waals surface area contributed by atoms with Crippen LogP contribution in [0, 0.1) is 0 Å². The number of anilines is 1. The van der Waals surface area contributed by atoms with E-state index in [0.29, 0.717) is 11.8 Å². The highest BCUT2D eigenvalue weighted by molar-refractivity contribution is 5.56. The van der Waals surface area contributed by atoms with Crippen molar-refractivity contribution in [3.05, 3.63) is 29.3 Å². The van der Waals surface area contributed by atoms with Crippen LogP contribution in [0.5, 0.6) is 0 Å². The van der Waals surface area contributed by atoms with Crippen LogP contribution in [0.3, 0.4) is 0 Å². The van der Waals surface area contributed by atoms with Crippen molar-refractivity contribution in [3.63, 3.8) is 0 Å². The molecule has 0 aliphatic carbocycles. The van der Waals surface area contributed by atoms with E-state index >= 15 is 0 Å². The minimum atomic E-state index is 0.615. The van der Waals surface area contributed by atoms with E-state index in [1.54, 1.807) is 0 Å². The molecule has 0 aromatic heterocycles. The van der Waals surface area contributed by atoms with Crippen molar-refractivity contribution >= 4 is 5.69 Å². The first kappa shape index (κ1) is 14.1. The van der Waals surface area contributed by atoms with Gasteiger partial charge in [0.15, 0.2) is 0 Å². The first-order valence-electron chi connectivity index (χ1n) is 7.07. The Morgan fingerprint density at radius 3 is 1.47 bits per heavy atom. The summed E-state index contributed by atoms with van der Waals surface area (Å²) < 4.78 is 0. The second kappa shape index (κ2) is 6.68. The van der Waals surface area contributed by atoms with Gasteiger partial charge in [-0.25, -0.2) is 0 Å². The molecule has 0 bridgehead atoms. The second-order valence-electron chi connectivity index (χ2n) is 4.88. The Bertz CT molecular complexity index is 305. The van der Waals surface area contributed by atoms with Gasteiger partial charge in [0.2, 0.25) is 0 Å². The second-order valence-corrected chi connectivity index (χ2v) is 4.88. The van der Waals surface area contributed by atoms with Gasteiger partial charge < -0.3 is 5.73 Å². The Morgan fingerprint density at radius 2 is 1.18 bits per heavy atom. The highest BCUT2D eigenvalue weighted by Gasteiger charge is 2.16. The van der Waals surface area contributed by atoms with Gasteiger partial charge in [-0.2, -0.15) is 0 Å². The fourth-order valence-electron chi connectivity index (χ4n) is 2.77.